The molecule has 0 saturated heterocycles. The number of hydrogen-bond acceptors (Lipinski definition) is 4. The van der Waals surface area contributed by atoms with E-state index in [9.17, 15) is 4.39 Å². The van der Waals surface area contributed by atoms with Crippen molar-refractivity contribution in [2.45, 2.75) is 39.3 Å². The molecule has 2 aromatic rings. The molecule has 0 saturated carbocycles. The SMILES string of the molecule is CCCc1nc(CN2CCc3ccc(F)cc3C2)no1. The zero-order valence-corrected chi connectivity index (χ0v) is 11.6. The summed E-state index contributed by atoms with van der Waals surface area (Å²) in [4.78, 5) is 6.60. The molecule has 2 heterocycles. The van der Waals surface area contributed by atoms with E-state index >= 15 is 0 Å². The van der Waals surface area contributed by atoms with E-state index in [1.54, 1.807) is 6.07 Å². The van der Waals surface area contributed by atoms with Crippen molar-refractivity contribution >= 4 is 0 Å². The van der Waals surface area contributed by atoms with E-state index in [1.165, 1.54) is 11.6 Å². The maximum Gasteiger partial charge on any atom is 0.226 e. The summed E-state index contributed by atoms with van der Waals surface area (Å²) in [6, 6.07) is 5.04. The zero-order chi connectivity index (χ0) is 13.9. The molecule has 0 N–H and O–H groups in total. The number of aryl methyl sites for hydroxylation is 1. The Balaban J connectivity index is 1.67. The van der Waals surface area contributed by atoms with Gasteiger partial charge in [-0.2, -0.15) is 4.98 Å². The van der Waals surface area contributed by atoms with Crippen molar-refractivity contribution in [3.05, 3.63) is 46.9 Å². The third-order valence-corrected chi connectivity index (χ3v) is 3.60. The molecule has 0 atom stereocenters. The van der Waals surface area contributed by atoms with E-state index in [0.717, 1.165) is 37.9 Å². The fourth-order valence-electron chi connectivity index (χ4n) is 2.59. The van der Waals surface area contributed by atoms with Crippen LogP contribution in [0.2, 0.25) is 0 Å². The van der Waals surface area contributed by atoms with Gasteiger partial charge in [0, 0.05) is 19.5 Å². The Morgan fingerprint density at radius 1 is 1.35 bits per heavy atom. The Morgan fingerprint density at radius 3 is 3.10 bits per heavy atom. The number of nitrogens with zero attached hydrogens (tertiary/aromatic N) is 3. The highest BCUT2D eigenvalue weighted by molar-refractivity contribution is 5.29. The van der Waals surface area contributed by atoms with Gasteiger partial charge in [0.15, 0.2) is 5.82 Å². The minimum atomic E-state index is -0.171. The largest absolute Gasteiger partial charge is 0.339 e. The molecule has 3 rings (SSSR count). The number of benzene rings is 1. The molecule has 1 aromatic heterocycles. The average Bonchev–Trinajstić information content (AvgIpc) is 2.86. The first kappa shape index (κ1) is 13.2. The fourth-order valence-corrected chi connectivity index (χ4v) is 2.59. The first-order valence-corrected chi connectivity index (χ1v) is 7.05. The van der Waals surface area contributed by atoms with E-state index in [2.05, 4.69) is 22.0 Å². The Hall–Kier alpha value is -1.75. The van der Waals surface area contributed by atoms with Crippen molar-refractivity contribution < 1.29 is 8.91 Å². The molecule has 0 aliphatic carbocycles. The van der Waals surface area contributed by atoms with Gasteiger partial charge in [0.2, 0.25) is 5.89 Å². The van der Waals surface area contributed by atoms with Crippen molar-refractivity contribution in [3.8, 4) is 0 Å². The minimum absolute atomic E-state index is 0.171. The molecule has 106 valence electrons. The lowest BCUT2D eigenvalue weighted by Crippen LogP contribution is -2.30. The standard InChI is InChI=1S/C15H18FN3O/c1-2-3-15-17-14(18-20-15)10-19-7-6-11-4-5-13(16)8-12(11)9-19/h4-5,8H,2-3,6-7,9-10H2,1H3. The van der Waals surface area contributed by atoms with Crippen molar-refractivity contribution in [2.75, 3.05) is 6.54 Å². The second kappa shape index (κ2) is 5.71. The topological polar surface area (TPSA) is 42.2 Å². The first-order valence-electron chi connectivity index (χ1n) is 7.05. The molecule has 0 bridgehead atoms. The lowest BCUT2D eigenvalue weighted by molar-refractivity contribution is 0.235. The molecule has 5 heteroatoms. The highest BCUT2D eigenvalue weighted by Gasteiger charge is 2.18. The third kappa shape index (κ3) is 2.88. The molecule has 1 aromatic carbocycles. The molecule has 0 unspecified atom stereocenters. The number of hydrogen-bond donors (Lipinski definition) is 0. The van der Waals surface area contributed by atoms with Gasteiger partial charge < -0.3 is 4.52 Å². The van der Waals surface area contributed by atoms with Gasteiger partial charge in [-0.25, -0.2) is 4.39 Å². The van der Waals surface area contributed by atoms with Gasteiger partial charge >= 0.3 is 0 Å². The van der Waals surface area contributed by atoms with Crippen LogP contribution in [-0.4, -0.2) is 21.6 Å². The summed E-state index contributed by atoms with van der Waals surface area (Å²) in [6.07, 6.45) is 2.76. The highest BCUT2D eigenvalue weighted by Crippen LogP contribution is 2.21. The molecule has 0 fully saturated rings. The predicted octanol–water partition coefficient (Wildman–Crippen LogP) is 2.72. The lowest BCUT2D eigenvalue weighted by atomic mass is 10.00. The van der Waals surface area contributed by atoms with Crippen LogP contribution in [0.25, 0.3) is 0 Å². The van der Waals surface area contributed by atoms with Crippen LogP contribution in [-0.2, 0) is 25.9 Å². The van der Waals surface area contributed by atoms with E-state index < -0.39 is 0 Å². The fraction of sp³-hybridized carbons (Fsp3) is 0.467. The van der Waals surface area contributed by atoms with Gasteiger partial charge in [-0.3, -0.25) is 4.90 Å². The average molecular weight is 275 g/mol. The normalized spacial score (nSPS) is 15.3. The third-order valence-electron chi connectivity index (χ3n) is 3.60. The Kier molecular flexibility index (Phi) is 3.78. The molecular formula is C15H18FN3O. The van der Waals surface area contributed by atoms with E-state index in [1.807, 2.05) is 6.07 Å². The van der Waals surface area contributed by atoms with Crippen molar-refractivity contribution in [3.63, 3.8) is 0 Å². The van der Waals surface area contributed by atoms with Crippen LogP contribution in [0, 0.1) is 5.82 Å². The Bertz CT molecular complexity index is 597. The van der Waals surface area contributed by atoms with Crippen LogP contribution in [0.4, 0.5) is 4.39 Å². The van der Waals surface area contributed by atoms with Gasteiger partial charge in [0.25, 0.3) is 0 Å². The molecule has 1 aliphatic rings. The van der Waals surface area contributed by atoms with Gasteiger partial charge in [-0.05, 0) is 36.1 Å². The van der Waals surface area contributed by atoms with Crippen molar-refractivity contribution in [1.82, 2.24) is 15.0 Å². The summed E-state index contributed by atoms with van der Waals surface area (Å²) in [6.45, 7) is 4.42. The van der Waals surface area contributed by atoms with Gasteiger partial charge in [0.1, 0.15) is 5.82 Å². The number of halogens is 1. The van der Waals surface area contributed by atoms with Crippen LogP contribution < -0.4 is 0 Å². The van der Waals surface area contributed by atoms with Gasteiger partial charge in [-0.15, -0.1) is 0 Å². The van der Waals surface area contributed by atoms with Crippen LogP contribution >= 0.6 is 0 Å². The molecule has 4 nitrogen and oxygen atoms in total. The lowest BCUT2D eigenvalue weighted by Gasteiger charge is -2.27. The number of aromatic nitrogens is 2. The number of fused-ring (bicyclic) bond motifs is 1. The van der Waals surface area contributed by atoms with Crippen LogP contribution in [0.1, 0.15) is 36.2 Å². The Labute approximate surface area is 117 Å². The second-order valence-electron chi connectivity index (χ2n) is 5.23. The maximum absolute atomic E-state index is 13.3. The molecule has 0 spiro atoms. The summed E-state index contributed by atoms with van der Waals surface area (Å²) >= 11 is 0. The first-order chi connectivity index (χ1) is 9.74. The van der Waals surface area contributed by atoms with E-state index in [4.69, 9.17) is 4.52 Å². The van der Waals surface area contributed by atoms with Crippen LogP contribution in [0.3, 0.4) is 0 Å². The smallest absolute Gasteiger partial charge is 0.226 e. The molecule has 1 aliphatic heterocycles. The zero-order valence-electron chi connectivity index (χ0n) is 11.6. The second-order valence-corrected chi connectivity index (χ2v) is 5.23. The monoisotopic (exact) mass is 275 g/mol. The quantitative estimate of drug-likeness (QED) is 0.860. The van der Waals surface area contributed by atoms with Crippen LogP contribution in [0.15, 0.2) is 22.7 Å². The highest BCUT2D eigenvalue weighted by atomic mass is 19.1. The maximum atomic E-state index is 13.3. The summed E-state index contributed by atoms with van der Waals surface area (Å²) in [5.41, 5.74) is 2.30. The molecule has 0 amide bonds. The van der Waals surface area contributed by atoms with Gasteiger partial charge in [0.05, 0.1) is 6.54 Å². The van der Waals surface area contributed by atoms with Crippen molar-refractivity contribution in [2.24, 2.45) is 0 Å². The van der Waals surface area contributed by atoms with Gasteiger partial charge in [-0.1, -0.05) is 18.1 Å². The molecule has 0 radical (unpaired) electrons. The Morgan fingerprint density at radius 2 is 2.25 bits per heavy atom. The molecule has 20 heavy (non-hydrogen) atoms. The van der Waals surface area contributed by atoms with Crippen molar-refractivity contribution in [1.29, 1.82) is 0 Å². The minimum Gasteiger partial charge on any atom is -0.339 e. The summed E-state index contributed by atoms with van der Waals surface area (Å²) < 4.78 is 18.5. The summed E-state index contributed by atoms with van der Waals surface area (Å²) in [5, 5.41) is 4.00. The summed E-state index contributed by atoms with van der Waals surface area (Å²) in [5.74, 6) is 1.25. The molecular weight excluding hydrogens is 257 g/mol. The van der Waals surface area contributed by atoms with E-state index in [0.29, 0.717) is 18.3 Å². The van der Waals surface area contributed by atoms with E-state index in [-0.39, 0.29) is 5.82 Å². The van der Waals surface area contributed by atoms with Crippen LogP contribution in [0.5, 0.6) is 0 Å². The number of rotatable bonds is 4. The summed E-state index contributed by atoms with van der Waals surface area (Å²) in [7, 11) is 0. The predicted molar refractivity (Wildman–Crippen MR) is 72.5 cm³/mol.